The number of nitrogens with one attached hydrogen (secondary N) is 3. The van der Waals surface area contributed by atoms with Crippen molar-refractivity contribution in [2.24, 2.45) is 0 Å². The lowest BCUT2D eigenvalue weighted by atomic mass is 9.96. The number of ether oxygens (including phenoxy) is 1. The lowest BCUT2D eigenvalue weighted by Gasteiger charge is -2.22. The van der Waals surface area contributed by atoms with Gasteiger partial charge in [-0.1, -0.05) is 37.5 Å². The summed E-state index contributed by atoms with van der Waals surface area (Å²) in [6.07, 6.45) is 6.77. The Kier molecular flexibility index (Phi) is 8.66. The maximum Gasteiger partial charge on any atom is 0.315 e. The molecule has 0 aliphatic heterocycles. The molecule has 1 aromatic rings. The Balaban J connectivity index is 1.44. The van der Waals surface area contributed by atoms with Crippen molar-refractivity contribution in [1.82, 2.24) is 16.0 Å². The van der Waals surface area contributed by atoms with Gasteiger partial charge in [0.15, 0.2) is 0 Å². The van der Waals surface area contributed by atoms with Crippen LogP contribution in [0.3, 0.4) is 0 Å². The molecule has 0 bridgehead atoms. The molecule has 0 heterocycles. The van der Waals surface area contributed by atoms with E-state index in [1.165, 1.54) is 19.3 Å². The second-order valence-electron chi connectivity index (χ2n) is 6.35. The minimum Gasteiger partial charge on any atom is -0.494 e. The zero-order chi connectivity index (χ0) is 17.7. The van der Waals surface area contributed by atoms with Gasteiger partial charge in [-0.25, -0.2) is 4.79 Å². The standard InChI is InChI=1S/C19H29N3O3/c23-18(20-13-7-15-25-17-10-5-2-6-11-17)12-14-21-19(24)22-16-8-3-1-4-9-16/h2,5-6,10-11,16H,1,3-4,7-9,12-15H2,(H,20,23)(H2,21,22,24). The molecule has 0 radical (unpaired) electrons. The molecule has 1 aromatic carbocycles. The molecule has 6 heteroatoms. The van der Waals surface area contributed by atoms with Crippen LogP contribution < -0.4 is 20.7 Å². The summed E-state index contributed by atoms with van der Waals surface area (Å²) in [5.41, 5.74) is 0. The highest BCUT2D eigenvalue weighted by atomic mass is 16.5. The van der Waals surface area contributed by atoms with Crippen molar-refractivity contribution in [2.45, 2.75) is 51.0 Å². The number of amides is 3. The Morgan fingerprint density at radius 3 is 2.52 bits per heavy atom. The summed E-state index contributed by atoms with van der Waals surface area (Å²) >= 11 is 0. The van der Waals surface area contributed by atoms with Crippen LogP contribution in [0, 0.1) is 0 Å². The minimum atomic E-state index is -0.170. The fraction of sp³-hybridized carbons (Fsp3) is 0.579. The molecule has 1 fully saturated rings. The van der Waals surface area contributed by atoms with Gasteiger partial charge in [0, 0.05) is 25.6 Å². The zero-order valence-electron chi connectivity index (χ0n) is 14.8. The molecule has 2 rings (SSSR count). The van der Waals surface area contributed by atoms with Crippen LogP contribution in [-0.2, 0) is 4.79 Å². The number of urea groups is 1. The molecule has 0 unspecified atom stereocenters. The van der Waals surface area contributed by atoms with Crippen LogP contribution >= 0.6 is 0 Å². The summed E-state index contributed by atoms with van der Waals surface area (Å²) in [6.45, 7) is 1.48. The number of carbonyl (C=O) groups excluding carboxylic acids is 2. The lowest BCUT2D eigenvalue weighted by Crippen LogP contribution is -2.43. The Bertz CT molecular complexity index is 516. The molecule has 0 spiro atoms. The summed E-state index contributed by atoms with van der Waals surface area (Å²) < 4.78 is 5.56. The van der Waals surface area contributed by atoms with Crippen molar-refractivity contribution in [2.75, 3.05) is 19.7 Å². The van der Waals surface area contributed by atoms with Gasteiger partial charge in [-0.3, -0.25) is 4.79 Å². The van der Waals surface area contributed by atoms with Gasteiger partial charge in [0.2, 0.25) is 5.91 Å². The van der Waals surface area contributed by atoms with Crippen LogP contribution in [0.15, 0.2) is 30.3 Å². The molecule has 1 aliphatic rings. The van der Waals surface area contributed by atoms with E-state index in [4.69, 9.17) is 4.74 Å². The first-order valence-electron chi connectivity index (χ1n) is 9.23. The van der Waals surface area contributed by atoms with Gasteiger partial charge in [-0.05, 0) is 31.4 Å². The summed E-state index contributed by atoms with van der Waals surface area (Å²) in [5, 5.41) is 8.55. The number of hydrogen-bond acceptors (Lipinski definition) is 3. The first-order valence-corrected chi connectivity index (χ1v) is 9.23. The highest BCUT2D eigenvalue weighted by Crippen LogP contribution is 2.17. The topological polar surface area (TPSA) is 79.5 Å². The largest absolute Gasteiger partial charge is 0.494 e. The Hall–Kier alpha value is -2.24. The SMILES string of the molecule is O=C(CCNC(=O)NC1CCCCC1)NCCCOc1ccccc1. The molecule has 0 aromatic heterocycles. The van der Waals surface area contributed by atoms with E-state index in [1.807, 2.05) is 30.3 Å². The fourth-order valence-electron chi connectivity index (χ4n) is 2.87. The predicted molar refractivity (Wildman–Crippen MR) is 97.6 cm³/mol. The number of para-hydroxylation sites is 1. The fourth-order valence-corrected chi connectivity index (χ4v) is 2.87. The van der Waals surface area contributed by atoms with Gasteiger partial charge in [-0.2, -0.15) is 0 Å². The van der Waals surface area contributed by atoms with Gasteiger partial charge in [-0.15, -0.1) is 0 Å². The first kappa shape index (κ1) is 19.1. The summed E-state index contributed by atoms with van der Waals surface area (Å²) in [7, 11) is 0. The average molecular weight is 347 g/mol. The second kappa shape index (κ2) is 11.3. The van der Waals surface area contributed by atoms with E-state index in [9.17, 15) is 9.59 Å². The van der Waals surface area contributed by atoms with Crippen LogP contribution in [0.25, 0.3) is 0 Å². The van der Waals surface area contributed by atoms with E-state index in [1.54, 1.807) is 0 Å². The van der Waals surface area contributed by atoms with Crippen LogP contribution in [0.2, 0.25) is 0 Å². The monoisotopic (exact) mass is 347 g/mol. The van der Waals surface area contributed by atoms with E-state index >= 15 is 0 Å². The van der Waals surface area contributed by atoms with Crippen molar-refractivity contribution in [3.63, 3.8) is 0 Å². The Labute approximate surface area is 149 Å². The number of carbonyl (C=O) groups is 2. The van der Waals surface area contributed by atoms with E-state index in [-0.39, 0.29) is 24.4 Å². The van der Waals surface area contributed by atoms with Crippen molar-refractivity contribution >= 4 is 11.9 Å². The van der Waals surface area contributed by atoms with Crippen LogP contribution in [0.1, 0.15) is 44.9 Å². The van der Waals surface area contributed by atoms with Crippen LogP contribution in [0.4, 0.5) is 4.79 Å². The second-order valence-corrected chi connectivity index (χ2v) is 6.35. The molecule has 25 heavy (non-hydrogen) atoms. The number of benzene rings is 1. The maximum absolute atomic E-state index is 11.8. The van der Waals surface area contributed by atoms with Gasteiger partial charge in [0.05, 0.1) is 6.61 Å². The summed E-state index contributed by atoms with van der Waals surface area (Å²) in [4.78, 5) is 23.5. The van der Waals surface area contributed by atoms with Crippen molar-refractivity contribution in [1.29, 1.82) is 0 Å². The van der Waals surface area contributed by atoms with Crippen LogP contribution in [0.5, 0.6) is 5.75 Å². The molecule has 0 atom stereocenters. The van der Waals surface area contributed by atoms with Crippen LogP contribution in [-0.4, -0.2) is 37.7 Å². The zero-order valence-corrected chi connectivity index (χ0v) is 14.8. The normalized spacial score (nSPS) is 14.6. The minimum absolute atomic E-state index is 0.0577. The third-order valence-electron chi connectivity index (χ3n) is 4.23. The first-order chi connectivity index (χ1) is 12.2. The van der Waals surface area contributed by atoms with E-state index in [0.717, 1.165) is 25.0 Å². The van der Waals surface area contributed by atoms with E-state index in [2.05, 4.69) is 16.0 Å². The van der Waals surface area contributed by atoms with E-state index in [0.29, 0.717) is 19.7 Å². The van der Waals surface area contributed by atoms with Gasteiger partial charge >= 0.3 is 6.03 Å². The molecule has 138 valence electrons. The Morgan fingerprint density at radius 1 is 1.00 bits per heavy atom. The molecule has 1 saturated carbocycles. The quantitative estimate of drug-likeness (QED) is 0.601. The molecule has 6 nitrogen and oxygen atoms in total. The summed E-state index contributed by atoms with van der Waals surface area (Å²) in [5.74, 6) is 0.777. The smallest absolute Gasteiger partial charge is 0.315 e. The average Bonchev–Trinajstić information content (AvgIpc) is 2.63. The van der Waals surface area contributed by atoms with E-state index < -0.39 is 0 Å². The molecule has 0 saturated heterocycles. The maximum atomic E-state index is 11.8. The summed E-state index contributed by atoms with van der Waals surface area (Å²) in [6, 6.07) is 9.72. The number of hydrogen-bond donors (Lipinski definition) is 3. The highest BCUT2D eigenvalue weighted by molar-refractivity contribution is 5.78. The van der Waals surface area contributed by atoms with Gasteiger partial charge < -0.3 is 20.7 Å². The molecule has 1 aliphatic carbocycles. The van der Waals surface area contributed by atoms with Gasteiger partial charge in [0.25, 0.3) is 0 Å². The molecule has 3 N–H and O–H groups in total. The Morgan fingerprint density at radius 2 is 1.76 bits per heavy atom. The van der Waals surface area contributed by atoms with Crippen molar-refractivity contribution in [3.8, 4) is 5.75 Å². The third kappa shape index (κ3) is 8.42. The molecular formula is C19H29N3O3. The molecular weight excluding hydrogens is 318 g/mol. The highest BCUT2D eigenvalue weighted by Gasteiger charge is 2.15. The third-order valence-corrected chi connectivity index (χ3v) is 4.23. The lowest BCUT2D eigenvalue weighted by molar-refractivity contribution is -0.120. The molecule has 3 amide bonds. The number of rotatable bonds is 9. The van der Waals surface area contributed by atoms with Crippen molar-refractivity contribution < 1.29 is 14.3 Å². The van der Waals surface area contributed by atoms with Gasteiger partial charge in [0.1, 0.15) is 5.75 Å². The predicted octanol–water partition coefficient (Wildman–Crippen LogP) is 2.59. The van der Waals surface area contributed by atoms with Crippen molar-refractivity contribution in [3.05, 3.63) is 30.3 Å².